The molecule has 0 fully saturated rings. The summed E-state index contributed by atoms with van der Waals surface area (Å²) in [6.45, 7) is -0.175. The van der Waals surface area contributed by atoms with Crippen LogP contribution in [0.2, 0.25) is 0 Å². The fourth-order valence-electron chi connectivity index (χ4n) is 2.01. The van der Waals surface area contributed by atoms with E-state index < -0.39 is 23.5 Å². The normalized spacial score (nSPS) is 16.0. The second-order valence-electron chi connectivity index (χ2n) is 4.46. The Bertz CT molecular complexity index is 566. The summed E-state index contributed by atoms with van der Waals surface area (Å²) in [7, 11) is 0. The van der Waals surface area contributed by atoms with E-state index in [9.17, 15) is 22.4 Å². The molecule has 108 valence electrons. The standard InChI is InChI=1S/C13H12F4N2O/c14-9-1-2-10(11(18)7-9)12(20)19-5-3-8(4-6-19)13(15,16)17/h1-3,7H,4-6,18H2. The first-order valence-corrected chi connectivity index (χ1v) is 5.89. The third-order valence-corrected chi connectivity index (χ3v) is 3.10. The van der Waals surface area contributed by atoms with Gasteiger partial charge in [0, 0.05) is 24.4 Å². The van der Waals surface area contributed by atoms with E-state index in [0.29, 0.717) is 0 Å². The minimum Gasteiger partial charge on any atom is -0.398 e. The molecule has 0 spiro atoms. The zero-order chi connectivity index (χ0) is 14.9. The Hall–Kier alpha value is -2.05. The lowest BCUT2D eigenvalue weighted by Gasteiger charge is -2.27. The van der Waals surface area contributed by atoms with Crippen LogP contribution in [-0.2, 0) is 0 Å². The first-order chi connectivity index (χ1) is 9.29. The maximum Gasteiger partial charge on any atom is 0.412 e. The summed E-state index contributed by atoms with van der Waals surface area (Å²) in [4.78, 5) is 13.4. The van der Waals surface area contributed by atoms with E-state index in [4.69, 9.17) is 5.73 Å². The maximum absolute atomic E-state index is 12.9. The van der Waals surface area contributed by atoms with E-state index in [2.05, 4.69) is 0 Å². The van der Waals surface area contributed by atoms with Crippen LogP contribution in [0.1, 0.15) is 16.8 Å². The number of benzene rings is 1. The Kier molecular flexibility index (Phi) is 3.69. The van der Waals surface area contributed by atoms with Crippen LogP contribution in [0.5, 0.6) is 0 Å². The topological polar surface area (TPSA) is 46.3 Å². The average molecular weight is 288 g/mol. The molecule has 1 aliphatic heterocycles. The number of halogens is 4. The minimum absolute atomic E-state index is 0.0272. The SMILES string of the molecule is Nc1cc(F)ccc1C(=O)N1CC=C(C(F)(F)F)CC1. The minimum atomic E-state index is -4.36. The van der Waals surface area contributed by atoms with Crippen LogP contribution in [0.4, 0.5) is 23.2 Å². The van der Waals surface area contributed by atoms with Gasteiger partial charge in [-0.1, -0.05) is 6.08 Å². The van der Waals surface area contributed by atoms with Gasteiger partial charge in [-0.2, -0.15) is 13.2 Å². The second kappa shape index (κ2) is 5.15. The van der Waals surface area contributed by atoms with E-state index in [1.165, 1.54) is 11.0 Å². The molecular weight excluding hydrogens is 276 g/mol. The third-order valence-electron chi connectivity index (χ3n) is 3.10. The van der Waals surface area contributed by atoms with Gasteiger partial charge in [-0.15, -0.1) is 0 Å². The first kappa shape index (κ1) is 14.4. The number of amides is 1. The summed E-state index contributed by atoms with van der Waals surface area (Å²) < 4.78 is 50.3. The second-order valence-corrected chi connectivity index (χ2v) is 4.46. The molecule has 1 aliphatic rings. The molecule has 0 bridgehead atoms. The molecule has 0 saturated carbocycles. The number of alkyl halides is 3. The Labute approximate surface area is 112 Å². The van der Waals surface area contributed by atoms with Crippen LogP contribution in [-0.4, -0.2) is 30.1 Å². The summed E-state index contributed by atoms with van der Waals surface area (Å²) in [5, 5.41) is 0. The van der Waals surface area contributed by atoms with Gasteiger partial charge >= 0.3 is 6.18 Å². The summed E-state index contributed by atoms with van der Waals surface area (Å²) >= 11 is 0. The molecule has 0 radical (unpaired) electrons. The van der Waals surface area contributed by atoms with E-state index in [1.807, 2.05) is 0 Å². The molecule has 20 heavy (non-hydrogen) atoms. The van der Waals surface area contributed by atoms with Crippen LogP contribution in [0, 0.1) is 5.82 Å². The Morgan fingerprint density at radius 2 is 2.00 bits per heavy atom. The Morgan fingerprint density at radius 1 is 1.30 bits per heavy atom. The summed E-state index contributed by atoms with van der Waals surface area (Å²) in [6, 6.07) is 3.33. The molecule has 0 aromatic heterocycles. The van der Waals surface area contributed by atoms with Crippen molar-refractivity contribution in [2.45, 2.75) is 12.6 Å². The van der Waals surface area contributed by atoms with Crippen molar-refractivity contribution in [2.75, 3.05) is 18.8 Å². The fourth-order valence-corrected chi connectivity index (χ4v) is 2.01. The molecule has 0 saturated heterocycles. The van der Waals surface area contributed by atoms with Gasteiger partial charge in [-0.3, -0.25) is 4.79 Å². The Balaban J connectivity index is 2.14. The van der Waals surface area contributed by atoms with Crippen LogP contribution < -0.4 is 5.73 Å². The molecule has 3 nitrogen and oxygen atoms in total. The summed E-state index contributed by atoms with van der Waals surface area (Å²) in [5.41, 5.74) is 4.98. The van der Waals surface area contributed by atoms with Crippen molar-refractivity contribution in [3.05, 3.63) is 41.2 Å². The molecule has 1 amide bonds. The van der Waals surface area contributed by atoms with E-state index >= 15 is 0 Å². The van der Waals surface area contributed by atoms with Crippen molar-refractivity contribution in [1.82, 2.24) is 4.90 Å². The number of nitrogens with zero attached hydrogens (tertiary/aromatic N) is 1. The molecule has 0 aliphatic carbocycles. The van der Waals surface area contributed by atoms with Gasteiger partial charge in [0.1, 0.15) is 5.82 Å². The highest BCUT2D eigenvalue weighted by molar-refractivity contribution is 5.99. The highest BCUT2D eigenvalue weighted by Gasteiger charge is 2.35. The van der Waals surface area contributed by atoms with Crippen LogP contribution in [0.15, 0.2) is 29.8 Å². The van der Waals surface area contributed by atoms with Gasteiger partial charge in [0.25, 0.3) is 5.91 Å². The van der Waals surface area contributed by atoms with E-state index in [-0.39, 0.29) is 30.8 Å². The molecule has 2 N–H and O–H groups in total. The van der Waals surface area contributed by atoms with Crippen LogP contribution in [0.25, 0.3) is 0 Å². The molecule has 0 atom stereocenters. The molecule has 7 heteroatoms. The summed E-state index contributed by atoms with van der Waals surface area (Å²) in [5.74, 6) is -1.07. The number of anilines is 1. The quantitative estimate of drug-likeness (QED) is 0.490. The van der Waals surface area contributed by atoms with Crippen LogP contribution in [0.3, 0.4) is 0 Å². The lowest BCUT2D eigenvalue weighted by Crippen LogP contribution is -2.37. The van der Waals surface area contributed by atoms with Gasteiger partial charge in [-0.25, -0.2) is 4.39 Å². The van der Waals surface area contributed by atoms with Gasteiger partial charge in [0.15, 0.2) is 0 Å². The molecule has 0 unspecified atom stereocenters. The maximum atomic E-state index is 12.9. The predicted molar refractivity (Wildman–Crippen MR) is 65.5 cm³/mol. The van der Waals surface area contributed by atoms with Crippen molar-refractivity contribution in [3.63, 3.8) is 0 Å². The highest BCUT2D eigenvalue weighted by atomic mass is 19.4. The zero-order valence-corrected chi connectivity index (χ0v) is 10.4. The number of carbonyl (C=O) groups is 1. The third kappa shape index (κ3) is 2.92. The molecule has 1 aromatic rings. The number of hydrogen-bond donors (Lipinski definition) is 1. The molecule has 1 heterocycles. The monoisotopic (exact) mass is 288 g/mol. The van der Waals surface area contributed by atoms with Gasteiger partial charge < -0.3 is 10.6 Å². The van der Waals surface area contributed by atoms with Crippen molar-refractivity contribution in [3.8, 4) is 0 Å². The average Bonchev–Trinajstić information content (AvgIpc) is 2.37. The number of hydrogen-bond acceptors (Lipinski definition) is 2. The van der Waals surface area contributed by atoms with Gasteiger partial charge in [0.05, 0.1) is 5.56 Å². The van der Waals surface area contributed by atoms with Gasteiger partial charge in [-0.05, 0) is 24.6 Å². The largest absolute Gasteiger partial charge is 0.412 e. The fraction of sp³-hybridized carbons (Fsp3) is 0.308. The smallest absolute Gasteiger partial charge is 0.398 e. The first-order valence-electron chi connectivity index (χ1n) is 5.89. The Morgan fingerprint density at radius 3 is 2.50 bits per heavy atom. The van der Waals surface area contributed by atoms with Gasteiger partial charge in [0.2, 0.25) is 0 Å². The predicted octanol–water partition coefficient (Wildman–Crippen LogP) is 2.74. The molecule has 1 aromatic carbocycles. The molecular formula is C13H12F4N2O. The zero-order valence-electron chi connectivity index (χ0n) is 10.4. The number of nitrogens with two attached hydrogens (primary N) is 1. The van der Waals surface area contributed by atoms with E-state index in [1.54, 1.807) is 0 Å². The lowest BCUT2D eigenvalue weighted by atomic mass is 10.1. The van der Waals surface area contributed by atoms with Crippen molar-refractivity contribution in [1.29, 1.82) is 0 Å². The lowest BCUT2D eigenvalue weighted by molar-refractivity contribution is -0.0957. The highest BCUT2D eigenvalue weighted by Crippen LogP contribution is 2.30. The van der Waals surface area contributed by atoms with Crippen molar-refractivity contribution < 1.29 is 22.4 Å². The number of carbonyl (C=O) groups excluding carboxylic acids is 1. The van der Waals surface area contributed by atoms with E-state index in [0.717, 1.165) is 18.2 Å². The van der Waals surface area contributed by atoms with Crippen LogP contribution >= 0.6 is 0 Å². The van der Waals surface area contributed by atoms with Crippen molar-refractivity contribution in [2.24, 2.45) is 0 Å². The van der Waals surface area contributed by atoms with Crippen molar-refractivity contribution >= 4 is 11.6 Å². The molecule has 2 rings (SSSR count). The summed E-state index contributed by atoms with van der Waals surface area (Å²) in [6.07, 6.45) is -3.62. The number of rotatable bonds is 1. The number of nitrogen functional groups attached to an aromatic ring is 1.